The molecule has 2 heterocycles. The molecule has 5 heteroatoms. The van der Waals surface area contributed by atoms with Gasteiger partial charge in [0.25, 0.3) is 5.91 Å². The van der Waals surface area contributed by atoms with E-state index in [0.29, 0.717) is 11.7 Å². The van der Waals surface area contributed by atoms with E-state index in [2.05, 4.69) is 5.32 Å². The average Bonchev–Trinajstić information content (AvgIpc) is 2.96. The van der Waals surface area contributed by atoms with E-state index in [4.69, 9.17) is 0 Å². The van der Waals surface area contributed by atoms with Crippen molar-refractivity contribution in [2.75, 3.05) is 6.54 Å². The maximum atomic E-state index is 12.2. The van der Waals surface area contributed by atoms with Gasteiger partial charge in [-0.1, -0.05) is 0 Å². The molecule has 0 radical (unpaired) electrons. The standard InChI is InChI=1S/C15H18N2O2S/c1-15(19,11-6-8-20-9-11)10-16-14(18)13-3-2-7-17(13)12-4-5-12/h2-3,6-9,12,19H,4-5,10H2,1H3,(H,16,18). The molecule has 1 aliphatic rings. The molecular formula is C15H18N2O2S. The van der Waals surface area contributed by atoms with Crippen molar-refractivity contribution in [2.24, 2.45) is 0 Å². The van der Waals surface area contributed by atoms with E-state index >= 15 is 0 Å². The lowest BCUT2D eigenvalue weighted by atomic mass is 9.99. The van der Waals surface area contributed by atoms with Crippen molar-refractivity contribution in [2.45, 2.75) is 31.4 Å². The van der Waals surface area contributed by atoms with Crippen LogP contribution in [0.5, 0.6) is 0 Å². The van der Waals surface area contributed by atoms with E-state index in [1.807, 2.05) is 39.7 Å². The summed E-state index contributed by atoms with van der Waals surface area (Å²) in [4.78, 5) is 12.2. The first-order chi connectivity index (χ1) is 9.58. The highest BCUT2D eigenvalue weighted by Gasteiger charge is 2.28. The molecule has 0 spiro atoms. The molecule has 1 amide bonds. The number of rotatable bonds is 5. The van der Waals surface area contributed by atoms with Gasteiger partial charge in [0.05, 0.1) is 6.54 Å². The van der Waals surface area contributed by atoms with Gasteiger partial charge in [0.2, 0.25) is 0 Å². The third-order valence-corrected chi connectivity index (χ3v) is 4.37. The number of thiophene rings is 1. The molecule has 0 aromatic carbocycles. The predicted molar refractivity (Wildman–Crippen MR) is 78.9 cm³/mol. The number of nitrogens with zero attached hydrogens (tertiary/aromatic N) is 1. The van der Waals surface area contributed by atoms with Crippen LogP contribution in [0.3, 0.4) is 0 Å². The van der Waals surface area contributed by atoms with Crippen LogP contribution < -0.4 is 5.32 Å². The molecule has 1 unspecified atom stereocenters. The third kappa shape index (κ3) is 2.64. The van der Waals surface area contributed by atoms with Crippen molar-refractivity contribution in [3.63, 3.8) is 0 Å². The number of hydrogen-bond acceptors (Lipinski definition) is 3. The molecule has 1 atom stereocenters. The highest BCUT2D eigenvalue weighted by atomic mass is 32.1. The molecule has 20 heavy (non-hydrogen) atoms. The first-order valence-electron chi connectivity index (χ1n) is 6.78. The van der Waals surface area contributed by atoms with E-state index in [1.165, 1.54) is 11.3 Å². The second-order valence-corrected chi connectivity index (χ2v) is 6.28. The first-order valence-corrected chi connectivity index (χ1v) is 7.72. The number of aromatic nitrogens is 1. The summed E-state index contributed by atoms with van der Waals surface area (Å²) in [5.41, 5.74) is 0.473. The van der Waals surface area contributed by atoms with Gasteiger partial charge in [-0.2, -0.15) is 11.3 Å². The highest BCUT2D eigenvalue weighted by Crippen LogP contribution is 2.36. The average molecular weight is 290 g/mol. The summed E-state index contributed by atoms with van der Waals surface area (Å²) in [7, 11) is 0. The summed E-state index contributed by atoms with van der Waals surface area (Å²) < 4.78 is 2.02. The fourth-order valence-corrected chi connectivity index (χ4v) is 3.06. The minimum atomic E-state index is -1.04. The second-order valence-electron chi connectivity index (χ2n) is 5.50. The number of aliphatic hydroxyl groups is 1. The summed E-state index contributed by atoms with van der Waals surface area (Å²) in [5, 5.41) is 17.1. The summed E-state index contributed by atoms with van der Waals surface area (Å²) >= 11 is 1.54. The molecule has 106 valence electrons. The molecule has 1 saturated carbocycles. The van der Waals surface area contributed by atoms with Gasteiger partial charge in [-0.15, -0.1) is 0 Å². The fraction of sp³-hybridized carbons (Fsp3) is 0.400. The fourth-order valence-electron chi connectivity index (χ4n) is 2.27. The Bertz CT molecular complexity index is 597. The Labute approximate surface area is 122 Å². The first kappa shape index (κ1) is 13.4. The van der Waals surface area contributed by atoms with Crippen LogP contribution in [0.4, 0.5) is 0 Å². The zero-order valence-electron chi connectivity index (χ0n) is 11.4. The number of carbonyl (C=O) groups excluding carboxylic acids is 1. The SMILES string of the molecule is CC(O)(CNC(=O)c1cccn1C1CC1)c1ccsc1. The normalized spacial score (nSPS) is 17.7. The van der Waals surface area contributed by atoms with Gasteiger partial charge >= 0.3 is 0 Å². The third-order valence-electron chi connectivity index (χ3n) is 3.69. The highest BCUT2D eigenvalue weighted by molar-refractivity contribution is 7.08. The van der Waals surface area contributed by atoms with E-state index in [-0.39, 0.29) is 12.5 Å². The second kappa shape index (κ2) is 5.07. The van der Waals surface area contributed by atoms with Gasteiger partial charge in [0, 0.05) is 12.2 Å². The van der Waals surface area contributed by atoms with Gasteiger partial charge < -0.3 is 15.0 Å². The zero-order chi connectivity index (χ0) is 14.2. The lowest BCUT2D eigenvalue weighted by Crippen LogP contribution is -2.39. The van der Waals surface area contributed by atoms with Crippen LogP contribution in [0.15, 0.2) is 35.2 Å². The zero-order valence-corrected chi connectivity index (χ0v) is 12.2. The maximum absolute atomic E-state index is 12.2. The van der Waals surface area contributed by atoms with Crippen molar-refractivity contribution in [3.8, 4) is 0 Å². The Kier molecular flexibility index (Phi) is 3.40. The van der Waals surface area contributed by atoms with Crippen LogP contribution in [0.1, 0.15) is 41.9 Å². The van der Waals surface area contributed by atoms with Gasteiger partial charge in [0.1, 0.15) is 11.3 Å². The van der Waals surface area contributed by atoms with Gasteiger partial charge in [0.15, 0.2) is 0 Å². The molecule has 1 aliphatic carbocycles. The molecule has 4 nitrogen and oxygen atoms in total. The van der Waals surface area contributed by atoms with Crippen molar-refractivity contribution in [1.82, 2.24) is 9.88 Å². The van der Waals surface area contributed by atoms with Crippen molar-refractivity contribution < 1.29 is 9.90 Å². The van der Waals surface area contributed by atoms with E-state index < -0.39 is 5.60 Å². The van der Waals surface area contributed by atoms with Crippen molar-refractivity contribution >= 4 is 17.2 Å². The van der Waals surface area contributed by atoms with Crippen LogP contribution in [-0.4, -0.2) is 22.1 Å². The van der Waals surface area contributed by atoms with Gasteiger partial charge in [-0.05, 0) is 54.3 Å². The van der Waals surface area contributed by atoms with Crippen LogP contribution in [0.2, 0.25) is 0 Å². The Morgan fingerprint density at radius 1 is 1.55 bits per heavy atom. The molecule has 1 fully saturated rings. The van der Waals surface area contributed by atoms with Crippen LogP contribution >= 0.6 is 11.3 Å². The Morgan fingerprint density at radius 2 is 2.35 bits per heavy atom. The van der Waals surface area contributed by atoms with Gasteiger partial charge in [-0.25, -0.2) is 0 Å². The number of amides is 1. The largest absolute Gasteiger partial charge is 0.384 e. The molecule has 2 N–H and O–H groups in total. The molecule has 0 bridgehead atoms. The van der Waals surface area contributed by atoms with Gasteiger partial charge in [-0.3, -0.25) is 4.79 Å². The Balaban J connectivity index is 1.66. The van der Waals surface area contributed by atoms with Crippen LogP contribution in [0, 0.1) is 0 Å². The summed E-state index contributed by atoms with van der Waals surface area (Å²) in [6, 6.07) is 6.07. The summed E-state index contributed by atoms with van der Waals surface area (Å²) in [6.45, 7) is 1.92. The number of carbonyl (C=O) groups is 1. The van der Waals surface area contributed by atoms with E-state index in [9.17, 15) is 9.90 Å². The van der Waals surface area contributed by atoms with E-state index in [1.54, 1.807) is 6.92 Å². The topological polar surface area (TPSA) is 54.3 Å². The van der Waals surface area contributed by atoms with E-state index in [0.717, 1.165) is 18.4 Å². The number of nitrogens with one attached hydrogen (secondary N) is 1. The minimum Gasteiger partial charge on any atom is -0.384 e. The number of hydrogen-bond donors (Lipinski definition) is 2. The van der Waals surface area contributed by atoms with Crippen molar-refractivity contribution in [3.05, 3.63) is 46.4 Å². The smallest absolute Gasteiger partial charge is 0.268 e. The summed E-state index contributed by atoms with van der Waals surface area (Å²) in [5.74, 6) is -0.127. The molecule has 3 rings (SSSR count). The summed E-state index contributed by atoms with van der Waals surface area (Å²) in [6.07, 6.45) is 4.23. The lowest BCUT2D eigenvalue weighted by Gasteiger charge is -2.23. The molecule has 0 saturated heterocycles. The molecule has 0 aliphatic heterocycles. The molecule has 2 aromatic heterocycles. The quantitative estimate of drug-likeness (QED) is 0.889. The Morgan fingerprint density at radius 3 is 3.00 bits per heavy atom. The molecular weight excluding hydrogens is 272 g/mol. The molecule has 2 aromatic rings. The monoisotopic (exact) mass is 290 g/mol. The van der Waals surface area contributed by atoms with Crippen molar-refractivity contribution in [1.29, 1.82) is 0 Å². The minimum absolute atomic E-state index is 0.127. The Hall–Kier alpha value is -1.59. The van der Waals surface area contributed by atoms with Crippen LogP contribution in [0.25, 0.3) is 0 Å². The van der Waals surface area contributed by atoms with Crippen LogP contribution in [-0.2, 0) is 5.60 Å². The lowest BCUT2D eigenvalue weighted by molar-refractivity contribution is 0.0527. The maximum Gasteiger partial charge on any atom is 0.268 e. The predicted octanol–water partition coefficient (Wildman–Crippen LogP) is 2.52.